The van der Waals surface area contributed by atoms with Crippen molar-refractivity contribution in [3.8, 4) is 0 Å². The average Bonchev–Trinajstić information content (AvgIpc) is 2.64. The van der Waals surface area contributed by atoms with Crippen LogP contribution in [0.2, 0.25) is 5.02 Å². The molecule has 1 aliphatic heterocycles. The normalized spacial score (nSPS) is 14.2. The molecule has 0 spiro atoms. The maximum Gasteiger partial charge on any atom is 0.319 e. The Morgan fingerprint density at radius 1 is 1.24 bits per heavy atom. The van der Waals surface area contributed by atoms with E-state index in [4.69, 9.17) is 11.6 Å². The summed E-state index contributed by atoms with van der Waals surface area (Å²) in [6, 6.07) is 6.94. The van der Waals surface area contributed by atoms with Crippen LogP contribution < -0.4 is 15.5 Å². The van der Waals surface area contributed by atoms with Gasteiger partial charge < -0.3 is 15.5 Å². The van der Waals surface area contributed by atoms with E-state index < -0.39 is 0 Å². The summed E-state index contributed by atoms with van der Waals surface area (Å²) in [7, 11) is 0. The van der Waals surface area contributed by atoms with E-state index in [0.29, 0.717) is 17.3 Å². The van der Waals surface area contributed by atoms with Crippen LogP contribution in [-0.2, 0) is 6.54 Å². The number of hydrogen-bond donors (Lipinski definition) is 2. The molecule has 2 N–H and O–H groups in total. The molecule has 2 amide bonds. The van der Waals surface area contributed by atoms with Crippen molar-refractivity contribution in [3.05, 3.63) is 46.7 Å². The number of carbonyl (C=O) groups is 1. The van der Waals surface area contributed by atoms with E-state index in [1.807, 2.05) is 25.1 Å². The second-order valence-corrected chi connectivity index (χ2v) is 6.57. The van der Waals surface area contributed by atoms with Crippen LogP contribution in [0.15, 0.2) is 30.5 Å². The van der Waals surface area contributed by atoms with Gasteiger partial charge in [0.25, 0.3) is 0 Å². The predicted octanol–water partition coefficient (Wildman–Crippen LogP) is 3.75. The molecule has 3 rings (SSSR count). The molecule has 6 nitrogen and oxygen atoms in total. The Balaban J connectivity index is 1.55. The van der Waals surface area contributed by atoms with Crippen molar-refractivity contribution in [1.29, 1.82) is 0 Å². The van der Waals surface area contributed by atoms with E-state index in [1.54, 1.807) is 12.3 Å². The van der Waals surface area contributed by atoms with Gasteiger partial charge in [-0.25, -0.2) is 14.8 Å². The monoisotopic (exact) mass is 359 g/mol. The first-order valence-electron chi connectivity index (χ1n) is 8.50. The molecule has 1 fully saturated rings. The number of aromatic nitrogens is 2. The van der Waals surface area contributed by atoms with Crippen LogP contribution in [0.5, 0.6) is 0 Å². The summed E-state index contributed by atoms with van der Waals surface area (Å²) >= 11 is 6.07. The highest BCUT2D eigenvalue weighted by atomic mass is 35.5. The van der Waals surface area contributed by atoms with Gasteiger partial charge in [-0.2, -0.15) is 0 Å². The standard InChI is InChI=1S/C18H22ClN5O/c1-13-5-6-14(11-16(13)19)23-18(25)21-12-15-7-8-20-17(22-15)24-9-3-2-4-10-24/h5-8,11H,2-4,9-10,12H2,1H3,(H2,21,23,25). The highest BCUT2D eigenvalue weighted by molar-refractivity contribution is 6.31. The lowest BCUT2D eigenvalue weighted by atomic mass is 10.1. The van der Waals surface area contributed by atoms with Crippen molar-refractivity contribution in [3.63, 3.8) is 0 Å². The Morgan fingerprint density at radius 3 is 2.80 bits per heavy atom. The Morgan fingerprint density at radius 2 is 2.04 bits per heavy atom. The first-order chi connectivity index (χ1) is 12.1. The van der Waals surface area contributed by atoms with Gasteiger partial charge in [0.05, 0.1) is 12.2 Å². The molecule has 132 valence electrons. The number of amides is 2. The summed E-state index contributed by atoms with van der Waals surface area (Å²) in [6.45, 7) is 4.24. The summed E-state index contributed by atoms with van der Waals surface area (Å²) in [5.41, 5.74) is 2.41. The molecule has 2 aromatic rings. The number of urea groups is 1. The number of carbonyl (C=O) groups excluding carboxylic acids is 1. The molecule has 1 aromatic carbocycles. The highest BCUT2D eigenvalue weighted by Gasteiger charge is 2.13. The van der Waals surface area contributed by atoms with Crippen molar-refractivity contribution < 1.29 is 4.79 Å². The predicted molar refractivity (Wildman–Crippen MR) is 100 cm³/mol. The summed E-state index contributed by atoms with van der Waals surface area (Å²) in [5, 5.41) is 6.20. The van der Waals surface area contributed by atoms with Crippen LogP contribution in [0.1, 0.15) is 30.5 Å². The van der Waals surface area contributed by atoms with E-state index in [9.17, 15) is 4.79 Å². The number of halogens is 1. The zero-order valence-electron chi connectivity index (χ0n) is 14.3. The topological polar surface area (TPSA) is 70.2 Å². The summed E-state index contributed by atoms with van der Waals surface area (Å²) in [6.07, 6.45) is 5.35. The van der Waals surface area contributed by atoms with Crippen molar-refractivity contribution in [2.45, 2.75) is 32.7 Å². The second kappa shape index (κ2) is 8.16. The molecule has 2 heterocycles. The fraction of sp³-hybridized carbons (Fsp3) is 0.389. The zero-order chi connectivity index (χ0) is 17.6. The fourth-order valence-electron chi connectivity index (χ4n) is 2.75. The minimum atomic E-state index is -0.293. The Kier molecular flexibility index (Phi) is 5.71. The first kappa shape index (κ1) is 17.5. The molecular weight excluding hydrogens is 338 g/mol. The van der Waals surface area contributed by atoms with Gasteiger partial charge in [0.15, 0.2) is 0 Å². The van der Waals surface area contributed by atoms with Crippen molar-refractivity contribution >= 4 is 29.3 Å². The number of benzene rings is 1. The van der Waals surface area contributed by atoms with E-state index >= 15 is 0 Å². The maximum absolute atomic E-state index is 12.0. The van der Waals surface area contributed by atoms with Crippen LogP contribution in [0.25, 0.3) is 0 Å². The Bertz CT molecular complexity index is 746. The Hall–Kier alpha value is -2.34. The minimum Gasteiger partial charge on any atom is -0.341 e. The molecule has 0 aliphatic carbocycles. The fourth-order valence-corrected chi connectivity index (χ4v) is 2.93. The van der Waals surface area contributed by atoms with Gasteiger partial charge in [-0.05, 0) is 49.9 Å². The van der Waals surface area contributed by atoms with E-state index in [2.05, 4.69) is 25.5 Å². The number of hydrogen-bond acceptors (Lipinski definition) is 4. The van der Waals surface area contributed by atoms with Crippen molar-refractivity contribution in [2.75, 3.05) is 23.3 Å². The smallest absolute Gasteiger partial charge is 0.319 e. The van der Waals surface area contributed by atoms with Crippen LogP contribution in [-0.4, -0.2) is 29.1 Å². The second-order valence-electron chi connectivity index (χ2n) is 6.17. The summed E-state index contributed by atoms with van der Waals surface area (Å²) < 4.78 is 0. The van der Waals surface area contributed by atoms with Gasteiger partial charge in [-0.3, -0.25) is 0 Å². The molecule has 1 aromatic heterocycles. The number of aryl methyl sites for hydroxylation is 1. The molecule has 7 heteroatoms. The van der Waals surface area contributed by atoms with Crippen LogP contribution >= 0.6 is 11.6 Å². The number of piperidine rings is 1. The number of anilines is 2. The maximum atomic E-state index is 12.0. The van der Waals surface area contributed by atoms with Gasteiger partial charge in [0, 0.05) is 30.0 Å². The van der Waals surface area contributed by atoms with E-state index in [1.165, 1.54) is 19.3 Å². The minimum absolute atomic E-state index is 0.293. The third kappa shape index (κ3) is 4.82. The molecule has 1 aliphatic rings. The third-order valence-electron chi connectivity index (χ3n) is 4.20. The lowest BCUT2D eigenvalue weighted by Gasteiger charge is -2.26. The van der Waals surface area contributed by atoms with E-state index in [0.717, 1.165) is 30.3 Å². The third-order valence-corrected chi connectivity index (χ3v) is 4.61. The number of nitrogens with one attached hydrogen (secondary N) is 2. The largest absolute Gasteiger partial charge is 0.341 e. The summed E-state index contributed by atoms with van der Waals surface area (Å²) in [4.78, 5) is 23.1. The first-order valence-corrected chi connectivity index (χ1v) is 8.87. The van der Waals surface area contributed by atoms with Gasteiger partial charge in [0.1, 0.15) is 0 Å². The van der Waals surface area contributed by atoms with Gasteiger partial charge in [0.2, 0.25) is 5.95 Å². The van der Waals surface area contributed by atoms with Crippen molar-refractivity contribution in [2.24, 2.45) is 0 Å². The molecule has 25 heavy (non-hydrogen) atoms. The van der Waals surface area contributed by atoms with Gasteiger partial charge >= 0.3 is 6.03 Å². The SMILES string of the molecule is Cc1ccc(NC(=O)NCc2ccnc(N3CCCCC3)n2)cc1Cl. The van der Waals surface area contributed by atoms with E-state index in [-0.39, 0.29) is 6.03 Å². The lowest BCUT2D eigenvalue weighted by Crippen LogP contribution is -2.32. The Labute approximate surface area is 152 Å². The molecule has 1 saturated heterocycles. The zero-order valence-corrected chi connectivity index (χ0v) is 15.0. The van der Waals surface area contributed by atoms with Crippen LogP contribution in [0, 0.1) is 6.92 Å². The molecule has 0 saturated carbocycles. The molecule has 0 radical (unpaired) electrons. The van der Waals surface area contributed by atoms with Gasteiger partial charge in [-0.15, -0.1) is 0 Å². The quantitative estimate of drug-likeness (QED) is 0.872. The van der Waals surface area contributed by atoms with Crippen LogP contribution in [0.4, 0.5) is 16.4 Å². The lowest BCUT2D eigenvalue weighted by molar-refractivity contribution is 0.251. The molecule has 0 bridgehead atoms. The van der Waals surface area contributed by atoms with Gasteiger partial charge in [-0.1, -0.05) is 17.7 Å². The molecular formula is C18H22ClN5O. The summed E-state index contributed by atoms with van der Waals surface area (Å²) in [5.74, 6) is 0.740. The van der Waals surface area contributed by atoms with Crippen molar-refractivity contribution in [1.82, 2.24) is 15.3 Å². The van der Waals surface area contributed by atoms with Crippen LogP contribution in [0.3, 0.4) is 0 Å². The number of nitrogens with zero attached hydrogens (tertiary/aromatic N) is 3. The average molecular weight is 360 g/mol. The highest BCUT2D eigenvalue weighted by Crippen LogP contribution is 2.20. The number of rotatable bonds is 4. The molecule has 0 atom stereocenters. The molecule has 0 unspecified atom stereocenters.